The van der Waals surface area contributed by atoms with Crippen molar-refractivity contribution in [2.45, 2.75) is 33.1 Å². The van der Waals surface area contributed by atoms with E-state index in [9.17, 15) is 4.79 Å². The van der Waals surface area contributed by atoms with Crippen LogP contribution in [-0.4, -0.2) is 12.8 Å². The van der Waals surface area contributed by atoms with Crippen LogP contribution in [0.25, 0.3) is 0 Å². The largest absolute Gasteiger partial charge is 0.473 e. The van der Waals surface area contributed by atoms with Crippen molar-refractivity contribution in [3.63, 3.8) is 0 Å². The number of rotatable bonds is 4. The van der Waals surface area contributed by atoms with Crippen molar-refractivity contribution >= 4 is 34.9 Å². The van der Waals surface area contributed by atoms with Gasteiger partial charge in [0.05, 0.1) is 10.7 Å². The summed E-state index contributed by atoms with van der Waals surface area (Å²) in [6.07, 6.45) is 0. The molecule has 6 heteroatoms. The predicted octanol–water partition coefficient (Wildman–Crippen LogP) is 5.76. The van der Waals surface area contributed by atoms with Crippen LogP contribution in [0.2, 0.25) is 10.0 Å². The molecule has 0 spiro atoms. The van der Waals surface area contributed by atoms with Crippen LogP contribution >= 0.6 is 23.2 Å². The molecule has 0 aliphatic carbocycles. The van der Waals surface area contributed by atoms with Crippen molar-refractivity contribution in [2.24, 2.45) is 0 Å². The van der Waals surface area contributed by atoms with E-state index in [1.165, 1.54) is 5.56 Å². The lowest BCUT2D eigenvalue weighted by Crippen LogP contribution is -2.32. The summed E-state index contributed by atoms with van der Waals surface area (Å²) in [6, 6.07) is 10.5. The highest BCUT2D eigenvalue weighted by atomic mass is 35.5. The van der Waals surface area contributed by atoms with Gasteiger partial charge in [0.2, 0.25) is 0 Å². The quantitative estimate of drug-likeness (QED) is 0.662. The number of nitrogens with one attached hydrogen (secondary N) is 2. The van der Waals surface area contributed by atoms with Crippen LogP contribution in [0.15, 0.2) is 36.4 Å². The van der Waals surface area contributed by atoms with Crippen LogP contribution in [0.5, 0.6) is 5.75 Å². The van der Waals surface area contributed by atoms with Crippen molar-refractivity contribution in [2.75, 3.05) is 12.0 Å². The third kappa shape index (κ3) is 5.55. The number of carbonyl (C=O) groups is 1. The van der Waals surface area contributed by atoms with Gasteiger partial charge in [-0.1, -0.05) is 61.7 Å². The number of carbonyl (C=O) groups excluding carboxylic acids is 1. The molecule has 0 atom stereocenters. The maximum absolute atomic E-state index is 12.0. The summed E-state index contributed by atoms with van der Waals surface area (Å²) in [4.78, 5) is 12.0. The van der Waals surface area contributed by atoms with Gasteiger partial charge in [0, 0.05) is 5.02 Å². The van der Waals surface area contributed by atoms with Crippen molar-refractivity contribution < 1.29 is 9.53 Å². The second-order valence-corrected chi connectivity index (χ2v) is 7.64. The molecule has 0 aromatic heterocycles. The number of aryl methyl sites for hydroxylation is 1. The third-order valence-electron chi connectivity index (χ3n) is 3.58. The van der Waals surface area contributed by atoms with Crippen LogP contribution in [-0.2, 0) is 5.41 Å². The molecule has 0 saturated carbocycles. The Bertz CT molecular complexity index is 771. The van der Waals surface area contributed by atoms with Gasteiger partial charge in [-0.2, -0.15) is 0 Å². The highest BCUT2D eigenvalue weighted by Gasteiger charge is 2.19. The molecule has 0 unspecified atom stereocenters. The average Bonchev–Trinajstić information content (AvgIpc) is 2.50. The Morgan fingerprint density at radius 2 is 1.84 bits per heavy atom. The summed E-state index contributed by atoms with van der Waals surface area (Å²) in [5.74, 6) is 0.753. The lowest BCUT2D eigenvalue weighted by Gasteiger charge is -2.23. The van der Waals surface area contributed by atoms with Crippen molar-refractivity contribution in [1.29, 1.82) is 0 Å². The molecule has 2 amide bonds. The molecule has 2 aromatic carbocycles. The van der Waals surface area contributed by atoms with Gasteiger partial charge in [0.15, 0.2) is 6.73 Å². The zero-order chi connectivity index (χ0) is 18.6. The zero-order valence-corrected chi connectivity index (χ0v) is 16.3. The standard InChI is InChI=1S/C19H22Cl2N2O2/c1-12-5-8-17(14(9-12)19(2,3)4)25-11-22-18(24)23-16-7-6-13(20)10-15(16)21/h5-10H,11H2,1-4H3,(H2,22,23,24). The number of halogens is 2. The Morgan fingerprint density at radius 1 is 1.12 bits per heavy atom. The molecule has 2 N–H and O–H groups in total. The van der Waals surface area contributed by atoms with E-state index in [0.29, 0.717) is 15.7 Å². The molecule has 0 aliphatic heterocycles. The summed E-state index contributed by atoms with van der Waals surface area (Å²) in [5.41, 5.74) is 2.69. The highest BCUT2D eigenvalue weighted by molar-refractivity contribution is 6.36. The molecule has 134 valence electrons. The number of urea groups is 1. The maximum atomic E-state index is 12.0. The Labute approximate surface area is 158 Å². The van der Waals surface area contributed by atoms with E-state index in [0.717, 1.165) is 11.3 Å². The Kier molecular flexibility index (Phi) is 6.20. The SMILES string of the molecule is Cc1ccc(OCNC(=O)Nc2ccc(Cl)cc2Cl)c(C(C)(C)C)c1. The van der Waals surface area contributed by atoms with Gasteiger partial charge < -0.3 is 15.4 Å². The first-order valence-corrected chi connectivity index (χ1v) is 8.66. The molecule has 2 aromatic rings. The fourth-order valence-electron chi connectivity index (χ4n) is 2.29. The van der Waals surface area contributed by atoms with Crippen LogP contribution < -0.4 is 15.4 Å². The first-order chi connectivity index (χ1) is 11.7. The summed E-state index contributed by atoms with van der Waals surface area (Å²) >= 11 is 11.9. The van der Waals surface area contributed by atoms with Crippen molar-refractivity contribution in [3.8, 4) is 5.75 Å². The number of benzene rings is 2. The Balaban J connectivity index is 1.95. The van der Waals surface area contributed by atoms with Crippen molar-refractivity contribution in [1.82, 2.24) is 5.32 Å². The normalized spacial score (nSPS) is 11.1. The topological polar surface area (TPSA) is 50.4 Å². The first-order valence-electron chi connectivity index (χ1n) is 7.90. The minimum atomic E-state index is -0.409. The van der Waals surface area contributed by atoms with Gasteiger partial charge in [0.1, 0.15) is 5.75 Å². The predicted molar refractivity (Wildman–Crippen MR) is 104 cm³/mol. The molecular weight excluding hydrogens is 359 g/mol. The van der Waals surface area contributed by atoms with Crippen LogP contribution in [0.4, 0.5) is 10.5 Å². The minimum Gasteiger partial charge on any atom is -0.473 e. The summed E-state index contributed by atoms with van der Waals surface area (Å²) < 4.78 is 5.75. The highest BCUT2D eigenvalue weighted by Crippen LogP contribution is 2.32. The molecule has 0 bridgehead atoms. The van der Waals surface area contributed by atoms with Crippen LogP contribution in [0.1, 0.15) is 31.9 Å². The molecule has 0 saturated heterocycles. The second kappa shape index (κ2) is 7.98. The molecule has 0 heterocycles. The van der Waals surface area contributed by atoms with Gasteiger partial charge in [-0.25, -0.2) is 4.79 Å². The third-order valence-corrected chi connectivity index (χ3v) is 4.13. The van der Waals surface area contributed by atoms with E-state index in [1.807, 2.05) is 19.1 Å². The van der Waals surface area contributed by atoms with Gasteiger partial charge in [-0.3, -0.25) is 0 Å². The minimum absolute atomic E-state index is 0.0448. The van der Waals surface area contributed by atoms with E-state index in [-0.39, 0.29) is 12.1 Å². The number of amides is 2. The number of hydrogen-bond acceptors (Lipinski definition) is 2. The molecule has 4 nitrogen and oxygen atoms in total. The molecule has 0 aliphatic rings. The van der Waals surface area contributed by atoms with Gasteiger partial charge >= 0.3 is 6.03 Å². The number of ether oxygens (including phenoxy) is 1. The molecule has 0 radical (unpaired) electrons. The molecular formula is C19H22Cl2N2O2. The smallest absolute Gasteiger partial charge is 0.321 e. The van der Waals surface area contributed by atoms with Gasteiger partial charge in [0.25, 0.3) is 0 Å². The molecule has 2 rings (SSSR count). The van der Waals surface area contributed by atoms with E-state index >= 15 is 0 Å². The van der Waals surface area contributed by atoms with Crippen LogP contribution in [0.3, 0.4) is 0 Å². The molecule has 25 heavy (non-hydrogen) atoms. The average molecular weight is 381 g/mol. The summed E-state index contributed by atoms with van der Waals surface area (Å²) in [7, 11) is 0. The molecule has 0 fully saturated rings. The fraction of sp³-hybridized carbons (Fsp3) is 0.316. The van der Waals surface area contributed by atoms with Crippen molar-refractivity contribution in [3.05, 3.63) is 57.6 Å². The van der Waals surface area contributed by atoms with Crippen LogP contribution in [0, 0.1) is 6.92 Å². The maximum Gasteiger partial charge on any atom is 0.321 e. The monoisotopic (exact) mass is 380 g/mol. The second-order valence-electron chi connectivity index (χ2n) is 6.79. The Hall–Kier alpha value is -1.91. The summed E-state index contributed by atoms with van der Waals surface area (Å²) in [5, 5.41) is 6.19. The lowest BCUT2D eigenvalue weighted by atomic mass is 9.85. The van der Waals surface area contributed by atoms with E-state index in [1.54, 1.807) is 18.2 Å². The van der Waals surface area contributed by atoms with E-state index in [4.69, 9.17) is 27.9 Å². The fourth-order valence-corrected chi connectivity index (χ4v) is 2.75. The lowest BCUT2D eigenvalue weighted by molar-refractivity contribution is 0.233. The number of anilines is 1. The van der Waals surface area contributed by atoms with Gasteiger partial charge in [-0.15, -0.1) is 0 Å². The van der Waals surface area contributed by atoms with E-state index < -0.39 is 6.03 Å². The van der Waals surface area contributed by atoms with Gasteiger partial charge in [-0.05, 0) is 42.2 Å². The Morgan fingerprint density at radius 3 is 2.48 bits per heavy atom. The first kappa shape index (κ1) is 19.4. The zero-order valence-electron chi connectivity index (χ0n) is 14.7. The van der Waals surface area contributed by atoms with E-state index in [2.05, 4.69) is 37.5 Å². The summed E-state index contributed by atoms with van der Waals surface area (Å²) in [6.45, 7) is 8.45. The number of hydrogen-bond donors (Lipinski definition) is 2.